The summed E-state index contributed by atoms with van der Waals surface area (Å²) in [5.41, 5.74) is 10.7. The summed E-state index contributed by atoms with van der Waals surface area (Å²) in [5, 5.41) is 2.14. The van der Waals surface area contributed by atoms with Crippen molar-refractivity contribution in [1.82, 2.24) is 9.97 Å². The van der Waals surface area contributed by atoms with Crippen molar-refractivity contribution < 1.29 is 24.5 Å². The molecule has 0 fully saturated rings. The summed E-state index contributed by atoms with van der Waals surface area (Å²) < 4.78 is 7.46. The van der Waals surface area contributed by atoms with Crippen molar-refractivity contribution in [3.8, 4) is 33.6 Å². The smallest absolute Gasteiger partial charge is 0 e. The first kappa shape index (κ1) is 31.6. The minimum atomic E-state index is -1.72. The molecule has 7 rings (SSSR count). The van der Waals surface area contributed by atoms with Crippen molar-refractivity contribution in [2.24, 2.45) is 0 Å². The average molecular weight is 812 g/mol. The van der Waals surface area contributed by atoms with Crippen LogP contribution in [0.2, 0.25) is 17.3 Å². The zero-order valence-corrected chi connectivity index (χ0v) is 30.1. The van der Waals surface area contributed by atoms with Crippen LogP contribution >= 0.6 is 0 Å². The number of para-hydroxylation sites is 1. The quantitative estimate of drug-likeness (QED) is 0.131. The number of aryl methyl sites for hydroxylation is 2. The van der Waals surface area contributed by atoms with Crippen molar-refractivity contribution in [3.63, 3.8) is 0 Å². The molecule has 3 nitrogen and oxygen atoms in total. The standard InChI is InChI=1S/C25H18NO.C14H16GeN.Ir/c1-16-7-5-8-17(2)25(16)19-10-6-9-18(13-19)22-14-24-21(15-26-22)20-11-3-4-12-23(20)27-24;1-15(2,3)13-9-10-14(16-11-13)12-7-5-4-6-8-12;/h3-8,10-15H,1-2H3;4-7,9-11H,1-3H3;/q2*-1;. The van der Waals surface area contributed by atoms with Gasteiger partial charge in [0.25, 0.3) is 0 Å². The van der Waals surface area contributed by atoms with Gasteiger partial charge in [-0.15, -0.1) is 35.4 Å². The molecule has 1 radical (unpaired) electrons. The third-order valence-corrected chi connectivity index (χ3v) is 12.0. The van der Waals surface area contributed by atoms with Crippen LogP contribution in [0.4, 0.5) is 0 Å². The number of benzene rings is 4. The third kappa shape index (κ3) is 6.78. The van der Waals surface area contributed by atoms with Gasteiger partial charge in [-0.05, 0) is 48.4 Å². The molecule has 3 heterocycles. The number of hydrogen-bond donors (Lipinski definition) is 0. The number of nitrogens with zero attached hydrogens (tertiary/aromatic N) is 2. The molecule has 0 aliphatic carbocycles. The Bertz CT molecular complexity index is 2010. The summed E-state index contributed by atoms with van der Waals surface area (Å²) >= 11 is -1.72. The monoisotopic (exact) mass is 813 g/mol. The Labute approximate surface area is 276 Å². The summed E-state index contributed by atoms with van der Waals surface area (Å²) in [4.78, 5) is 9.22. The minimum absolute atomic E-state index is 0. The van der Waals surface area contributed by atoms with Gasteiger partial charge in [0.1, 0.15) is 11.2 Å². The second-order valence-corrected chi connectivity index (χ2v) is 22.5. The number of furan rings is 1. The van der Waals surface area contributed by atoms with E-state index in [-0.39, 0.29) is 20.1 Å². The fraction of sp³-hybridized carbons (Fsp3) is 0.128. The minimum Gasteiger partial charge on any atom is 0 e. The van der Waals surface area contributed by atoms with Crippen molar-refractivity contribution in [2.75, 3.05) is 0 Å². The molecule has 0 aliphatic heterocycles. The Balaban J connectivity index is 0.000000194. The van der Waals surface area contributed by atoms with E-state index in [1.165, 1.54) is 26.6 Å². The van der Waals surface area contributed by atoms with E-state index in [1.807, 2.05) is 67.0 Å². The Morgan fingerprint density at radius 2 is 1.34 bits per heavy atom. The fourth-order valence-electron chi connectivity index (χ4n) is 5.36. The number of fused-ring (bicyclic) bond motifs is 3. The number of hydrogen-bond acceptors (Lipinski definition) is 3. The van der Waals surface area contributed by atoms with E-state index in [9.17, 15) is 0 Å². The predicted octanol–water partition coefficient (Wildman–Crippen LogP) is 9.82. The number of pyridine rings is 2. The molecular formula is C39H34GeIrN2O-2. The van der Waals surface area contributed by atoms with Gasteiger partial charge >= 0.3 is 99.8 Å². The normalized spacial score (nSPS) is 11.1. The van der Waals surface area contributed by atoms with Crippen LogP contribution in [0, 0.1) is 26.0 Å². The van der Waals surface area contributed by atoms with Crippen LogP contribution < -0.4 is 4.40 Å². The maximum Gasteiger partial charge on any atom is 0 e. The predicted molar refractivity (Wildman–Crippen MR) is 182 cm³/mol. The van der Waals surface area contributed by atoms with Gasteiger partial charge in [0.2, 0.25) is 0 Å². The molecule has 7 aromatic rings. The van der Waals surface area contributed by atoms with Gasteiger partial charge in [0.05, 0.1) is 0 Å². The first-order chi connectivity index (χ1) is 20.8. The Kier molecular flexibility index (Phi) is 9.65. The van der Waals surface area contributed by atoms with Crippen LogP contribution in [0.3, 0.4) is 0 Å². The molecular weight excluding hydrogens is 777 g/mol. The topological polar surface area (TPSA) is 38.9 Å². The van der Waals surface area contributed by atoms with Crippen molar-refractivity contribution in [3.05, 3.63) is 139 Å². The molecule has 0 saturated carbocycles. The fourth-order valence-corrected chi connectivity index (χ4v) is 7.53. The van der Waals surface area contributed by atoms with Gasteiger partial charge in [0.15, 0.2) is 0 Å². The van der Waals surface area contributed by atoms with Gasteiger partial charge in [-0.1, -0.05) is 36.4 Å². The van der Waals surface area contributed by atoms with Crippen LogP contribution in [0.25, 0.3) is 55.6 Å². The van der Waals surface area contributed by atoms with Gasteiger partial charge in [0, 0.05) is 37.1 Å². The second kappa shape index (κ2) is 13.4. The van der Waals surface area contributed by atoms with Gasteiger partial charge in [-0.3, -0.25) is 0 Å². The maximum atomic E-state index is 6.01. The molecule has 4 aromatic carbocycles. The van der Waals surface area contributed by atoms with E-state index < -0.39 is 13.3 Å². The first-order valence-corrected chi connectivity index (χ1v) is 21.9. The van der Waals surface area contributed by atoms with E-state index in [4.69, 9.17) is 4.42 Å². The molecule has 0 amide bonds. The van der Waals surface area contributed by atoms with Crippen molar-refractivity contribution in [1.29, 1.82) is 0 Å². The summed E-state index contributed by atoms with van der Waals surface area (Å²) in [6.07, 6.45) is 3.94. The zero-order chi connectivity index (χ0) is 30.0. The summed E-state index contributed by atoms with van der Waals surface area (Å²) in [6, 6.07) is 41.5. The number of aromatic nitrogens is 2. The third-order valence-electron chi connectivity index (χ3n) is 7.72. The van der Waals surface area contributed by atoms with Crippen LogP contribution in [0.5, 0.6) is 0 Å². The molecule has 221 valence electrons. The van der Waals surface area contributed by atoms with Crippen molar-refractivity contribution in [2.45, 2.75) is 31.1 Å². The van der Waals surface area contributed by atoms with Gasteiger partial charge < -0.3 is 9.40 Å². The van der Waals surface area contributed by atoms with E-state index in [1.54, 1.807) is 0 Å². The van der Waals surface area contributed by atoms with E-state index in [0.717, 1.165) is 44.5 Å². The molecule has 0 N–H and O–H groups in total. The van der Waals surface area contributed by atoms with Crippen LogP contribution in [0.15, 0.2) is 120 Å². The van der Waals surface area contributed by atoms with Crippen LogP contribution in [-0.2, 0) is 20.1 Å². The molecule has 3 aromatic heterocycles. The first-order valence-electron chi connectivity index (χ1n) is 14.6. The molecule has 0 aliphatic rings. The van der Waals surface area contributed by atoms with Crippen LogP contribution in [-0.4, -0.2) is 23.2 Å². The summed E-state index contributed by atoms with van der Waals surface area (Å²) in [5.74, 6) is 7.14. The second-order valence-electron chi connectivity index (χ2n) is 11.9. The molecule has 44 heavy (non-hydrogen) atoms. The maximum absolute atomic E-state index is 6.01. The molecule has 0 atom stereocenters. The molecule has 0 unspecified atom stereocenters. The van der Waals surface area contributed by atoms with E-state index >= 15 is 0 Å². The van der Waals surface area contributed by atoms with Crippen molar-refractivity contribution >= 4 is 39.6 Å². The molecule has 0 bridgehead atoms. The largest absolute Gasteiger partial charge is 0 e. The van der Waals surface area contributed by atoms with Gasteiger partial charge in [-0.2, -0.15) is 0 Å². The Hall–Kier alpha value is -3.83. The molecule has 5 heteroatoms. The van der Waals surface area contributed by atoms with Crippen LogP contribution in [0.1, 0.15) is 11.1 Å². The van der Waals surface area contributed by atoms with Gasteiger partial charge in [-0.25, -0.2) is 0 Å². The van der Waals surface area contributed by atoms with E-state index in [0.29, 0.717) is 0 Å². The summed E-state index contributed by atoms with van der Waals surface area (Å²) in [7, 11) is 0. The summed E-state index contributed by atoms with van der Waals surface area (Å²) in [6.45, 7) is 4.30. The molecule has 0 spiro atoms. The molecule has 0 saturated heterocycles. The zero-order valence-electron chi connectivity index (χ0n) is 25.6. The van der Waals surface area contributed by atoms with E-state index in [2.05, 4.69) is 102 Å². The number of rotatable bonds is 4. The average Bonchev–Trinajstić information content (AvgIpc) is 3.40. The SMILES string of the molecule is Cc1cccc(C)c1-c1cc[c-]c(-c2cc3oc4ccccc4c3cn2)c1.[CH3][Ge]([CH3])([CH3])[c]1ccc(-c2[c-]cccc2)nc1.[Ir]. The Morgan fingerprint density at radius 1 is 0.614 bits per heavy atom. The Morgan fingerprint density at radius 3 is 2.05 bits per heavy atom.